The van der Waals surface area contributed by atoms with Gasteiger partial charge in [-0.25, -0.2) is 11.0 Å². The molecule has 0 unspecified atom stereocenters. The van der Waals surface area contributed by atoms with Crippen LogP contribution in [0.1, 0.15) is 11.3 Å². The van der Waals surface area contributed by atoms with Crippen molar-refractivity contribution in [2.75, 3.05) is 49.6 Å². The van der Waals surface area contributed by atoms with Gasteiger partial charge < -0.3 is 24.3 Å². The van der Waals surface area contributed by atoms with Crippen LogP contribution in [-0.4, -0.2) is 66.7 Å². The van der Waals surface area contributed by atoms with Crippen LogP contribution in [0.15, 0.2) is 48.8 Å². The molecule has 1 atom stereocenters. The molecule has 8 nitrogen and oxygen atoms in total. The highest BCUT2D eigenvalue weighted by Gasteiger charge is 2.36. The van der Waals surface area contributed by atoms with E-state index >= 15 is 0 Å². The minimum absolute atomic E-state index is 0.0650. The number of aromatic nitrogens is 2. The molecular weight excluding hydrogens is 495 g/mol. The molecule has 1 amide bonds. The van der Waals surface area contributed by atoms with E-state index in [1.807, 2.05) is 35.2 Å². The van der Waals surface area contributed by atoms with Gasteiger partial charge in [-0.05, 0) is 23.9 Å². The number of benzene rings is 2. The Balaban J connectivity index is 1.48. The summed E-state index contributed by atoms with van der Waals surface area (Å²) in [6.45, 7) is 12.9. The van der Waals surface area contributed by atoms with Gasteiger partial charge >= 0.3 is 6.01 Å². The van der Waals surface area contributed by atoms with Gasteiger partial charge in [-0.1, -0.05) is 42.4 Å². The first kappa shape index (κ1) is 24.8. The third kappa shape index (κ3) is 4.65. The summed E-state index contributed by atoms with van der Waals surface area (Å²) in [6.07, 6.45) is 0.698. The van der Waals surface area contributed by atoms with Crippen molar-refractivity contribution in [2.45, 2.75) is 19.0 Å². The number of carbonyl (C=O) groups excluding carboxylic acids is 1. The van der Waals surface area contributed by atoms with E-state index in [9.17, 15) is 9.18 Å². The van der Waals surface area contributed by atoms with E-state index in [4.69, 9.17) is 22.9 Å². The third-order valence-corrected chi connectivity index (χ3v) is 7.27. The maximum Gasteiger partial charge on any atom is 0.318 e. The highest BCUT2D eigenvalue weighted by atomic mass is 35.5. The van der Waals surface area contributed by atoms with E-state index in [1.165, 1.54) is 12.0 Å². The number of fused-ring (bicyclic) bond motifs is 2. The number of amides is 1. The Bertz CT molecular complexity index is 1420. The molecule has 0 bridgehead atoms. The van der Waals surface area contributed by atoms with Gasteiger partial charge in [0.15, 0.2) is 5.83 Å². The number of piperazine rings is 1. The molecule has 5 rings (SSSR count). The summed E-state index contributed by atoms with van der Waals surface area (Å²) in [4.78, 5) is 30.9. The molecule has 3 aromatic rings. The van der Waals surface area contributed by atoms with Crippen LogP contribution < -0.4 is 14.5 Å². The predicted molar refractivity (Wildman–Crippen MR) is 142 cm³/mol. The Morgan fingerprint density at radius 1 is 1.22 bits per heavy atom. The largest absolute Gasteiger partial charge is 0.467 e. The fourth-order valence-electron chi connectivity index (χ4n) is 5.22. The van der Waals surface area contributed by atoms with E-state index in [2.05, 4.69) is 32.4 Å². The van der Waals surface area contributed by atoms with Crippen molar-refractivity contribution in [3.05, 3.63) is 76.5 Å². The first-order chi connectivity index (χ1) is 17.9. The predicted octanol–water partition coefficient (Wildman–Crippen LogP) is 4.27. The fraction of sp³-hybridized carbons (Fsp3) is 0.333. The molecule has 37 heavy (non-hydrogen) atoms. The maximum absolute atomic E-state index is 13.6. The Labute approximate surface area is 219 Å². The van der Waals surface area contributed by atoms with Gasteiger partial charge in [-0.15, -0.1) is 0 Å². The van der Waals surface area contributed by atoms with Crippen LogP contribution in [0.25, 0.3) is 15.6 Å². The standard InChI is InChI=1S/C27H26ClFN6O2/c1-17(29)26(36)35-13-12-34(15-19(35)14-30-2)25-20-10-11-33(16-22(20)31-27(32-25)37-3)23-9-5-7-18-6-4-8-21(28)24(18)23/h4-9,19H,1,10-16H2,3H3/t19-/m0/s1. The van der Waals surface area contributed by atoms with Crippen molar-refractivity contribution >= 4 is 39.8 Å². The molecule has 0 spiro atoms. The molecule has 2 aromatic carbocycles. The number of halogens is 2. The van der Waals surface area contributed by atoms with Crippen LogP contribution >= 0.6 is 11.6 Å². The third-order valence-electron chi connectivity index (χ3n) is 6.96. The van der Waals surface area contributed by atoms with Gasteiger partial charge in [0.2, 0.25) is 6.54 Å². The summed E-state index contributed by atoms with van der Waals surface area (Å²) < 4.78 is 19.1. The topological polar surface area (TPSA) is 66.2 Å². The van der Waals surface area contributed by atoms with Crippen LogP contribution in [0.3, 0.4) is 0 Å². The van der Waals surface area contributed by atoms with Gasteiger partial charge in [0.05, 0.1) is 24.4 Å². The molecule has 190 valence electrons. The second kappa shape index (κ2) is 10.2. The minimum Gasteiger partial charge on any atom is -0.467 e. The summed E-state index contributed by atoms with van der Waals surface area (Å²) in [7, 11) is 1.53. The summed E-state index contributed by atoms with van der Waals surface area (Å²) in [6, 6.07) is 11.8. The zero-order valence-electron chi connectivity index (χ0n) is 20.5. The smallest absolute Gasteiger partial charge is 0.318 e. The van der Waals surface area contributed by atoms with Crippen LogP contribution in [-0.2, 0) is 17.8 Å². The SMILES string of the molecule is [C-]#[N+]C[C@H]1CN(c2nc(OC)nc3c2CCN(c2cccc4cccc(Cl)c24)C3)CCN1C(=O)C(=C)F. The molecule has 0 aliphatic carbocycles. The second-order valence-corrected chi connectivity index (χ2v) is 9.50. The monoisotopic (exact) mass is 520 g/mol. The van der Waals surface area contributed by atoms with Gasteiger partial charge in [-0.3, -0.25) is 4.79 Å². The van der Waals surface area contributed by atoms with Crippen LogP contribution in [0.5, 0.6) is 6.01 Å². The second-order valence-electron chi connectivity index (χ2n) is 9.09. The molecule has 2 aliphatic rings. The quantitative estimate of drug-likeness (QED) is 0.370. The molecule has 2 aliphatic heterocycles. The fourth-order valence-corrected chi connectivity index (χ4v) is 5.50. The van der Waals surface area contributed by atoms with Crippen molar-refractivity contribution in [1.82, 2.24) is 14.9 Å². The van der Waals surface area contributed by atoms with Crippen molar-refractivity contribution in [2.24, 2.45) is 0 Å². The van der Waals surface area contributed by atoms with Crippen molar-refractivity contribution < 1.29 is 13.9 Å². The van der Waals surface area contributed by atoms with Gasteiger partial charge in [0.1, 0.15) is 11.9 Å². The number of anilines is 2. The van der Waals surface area contributed by atoms with Crippen molar-refractivity contribution in [3.63, 3.8) is 0 Å². The molecule has 10 heteroatoms. The van der Waals surface area contributed by atoms with Gasteiger partial charge in [0.25, 0.3) is 5.91 Å². The van der Waals surface area contributed by atoms with Crippen molar-refractivity contribution in [3.8, 4) is 6.01 Å². The Morgan fingerprint density at radius 2 is 2.00 bits per heavy atom. The van der Waals surface area contributed by atoms with E-state index in [0.29, 0.717) is 31.1 Å². The summed E-state index contributed by atoms with van der Waals surface area (Å²) in [5, 5.41) is 2.79. The summed E-state index contributed by atoms with van der Waals surface area (Å²) >= 11 is 6.59. The molecule has 0 radical (unpaired) electrons. The molecule has 3 heterocycles. The van der Waals surface area contributed by atoms with Crippen molar-refractivity contribution in [1.29, 1.82) is 0 Å². The minimum atomic E-state index is -1.02. The summed E-state index contributed by atoms with van der Waals surface area (Å²) in [5.41, 5.74) is 2.91. The number of hydrogen-bond donors (Lipinski definition) is 0. The van der Waals surface area contributed by atoms with E-state index in [-0.39, 0.29) is 19.1 Å². The lowest BCUT2D eigenvalue weighted by Gasteiger charge is -2.41. The Hall–Kier alpha value is -3.90. The lowest BCUT2D eigenvalue weighted by Crippen LogP contribution is -2.57. The van der Waals surface area contributed by atoms with Crippen LogP contribution in [0.2, 0.25) is 5.02 Å². The lowest BCUT2D eigenvalue weighted by atomic mass is 10.0. The Kier molecular flexibility index (Phi) is 6.85. The lowest BCUT2D eigenvalue weighted by molar-refractivity contribution is -0.131. The average Bonchev–Trinajstić information content (AvgIpc) is 2.91. The van der Waals surface area contributed by atoms with E-state index < -0.39 is 17.8 Å². The first-order valence-corrected chi connectivity index (χ1v) is 12.4. The normalized spacial score (nSPS) is 17.4. The maximum atomic E-state index is 13.6. The number of hydrogen-bond acceptors (Lipinski definition) is 6. The highest BCUT2D eigenvalue weighted by molar-refractivity contribution is 6.36. The molecule has 0 N–H and O–H groups in total. The van der Waals surface area contributed by atoms with Gasteiger partial charge in [0, 0.05) is 42.8 Å². The van der Waals surface area contributed by atoms with E-state index in [1.54, 1.807) is 0 Å². The average molecular weight is 521 g/mol. The molecule has 0 saturated carbocycles. The Morgan fingerprint density at radius 3 is 2.73 bits per heavy atom. The molecule has 1 fully saturated rings. The first-order valence-electron chi connectivity index (χ1n) is 12.0. The molecular formula is C27H26ClFN6O2. The number of methoxy groups -OCH3 is 1. The zero-order valence-corrected chi connectivity index (χ0v) is 21.2. The number of carbonyl (C=O) groups is 1. The molecule has 1 saturated heterocycles. The zero-order chi connectivity index (χ0) is 26.1. The number of nitrogens with zero attached hydrogens (tertiary/aromatic N) is 6. The summed E-state index contributed by atoms with van der Waals surface area (Å²) in [5.74, 6) is -1.04. The highest BCUT2D eigenvalue weighted by Crippen LogP contribution is 2.37. The molecule has 1 aromatic heterocycles. The van der Waals surface area contributed by atoms with Crippen LogP contribution in [0, 0.1) is 6.57 Å². The van der Waals surface area contributed by atoms with E-state index in [0.717, 1.165) is 40.1 Å². The van der Waals surface area contributed by atoms with Crippen LogP contribution in [0.4, 0.5) is 15.9 Å². The number of rotatable bonds is 5. The van der Waals surface area contributed by atoms with Gasteiger partial charge in [-0.2, -0.15) is 9.97 Å². The number of ether oxygens (including phenoxy) is 1.